The van der Waals surface area contributed by atoms with E-state index in [1.165, 1.54) is 26.8 Å². The van der Waals surface area contributed by atoms with Crippen molar-refractivity contribution in [1.29, 1.82) is 0 Å². The lowest BCUT2D eigenvalue weighted by Crippen LogP contribution is -1.91. The van der Waals surface area contributed by atoms with Crippen LogP contribution in [0.4, 0.5) is 0 Å². The molecule has 1 aromatic heterocycles. The number of fused-ring (bicyclic) bond motifs is 1. The van der Waals surface area contributed by atoms with Gasteiger partial charge in [0.15, 0.2) is 0 Å². The Morgan fingerprint density at radius 2 is 1.79 bits per heavy atom. The molecule has 0 amide bonds. The van der Waals surface area contributed by atoms with Crippen molar-refractivity contribution in [2.75, 3.05) is 0 Å². The molecular formula is C17H17NS. The molecule has 0 atom stereocenters. The standard InChI is InChI=1S/C17H17NS/c1-11(2)14-10-16-15(9-12(14)3)17(18-19-16)13-7-5-4-6-8-13/h4-11H,1-3H3. The number of rotatable bonds is 2. The van der Waals surface area contributed by atoms with Crippen molar-refractivity contribution in [1.82, 2.24) is 4.37 Å². The van der Waals surface area contributed by atoms with Gasteiger partial charge in [0.2, 0.25) is 0 Å². The number of nitrogens with zero attached hydrogens (tertiary/aromatic N) is 1. The molecule has 0 fully saturated rings. The van der Waals surface area contributed by atoms with Gasteiger partial charge in [0.05, 0.1) is 10.4 Å². The van der Waals surface area contributed by atoms with Gasteiger partial charge in [0.1, 0.15) is 0 Å². The quantitative estimate of drug-likeness (QED) is 0.606. The van der Waals surface area contributed by atoms with E-state index in [4.69, 9.17) is 0 Å². The van der Waals surface area contributed by atoms with Crippen LogP contribution >= 0.6 is 11.5 Å². The molecule has 1 nitrogen and oxygen atoms in total. The third-order valence-corrected chi connectivity index (χ3v) is 4.34. The first-order valence-corrected chi connectivity index (χ1v) is 7.39. The van der Waals surface area contributed by atoms with Crippen molar-refractivity contribution in [2.45, 2.75) is 26.7 Å². The molecule has 3 aromatic rings. The zero-order valence-corrected chi connectivity index (χ0v) is 12.3. The van der Waals surface area contributed by atoms with E-state index in [1.54, 1.807) is 11.5 Å². The minimum absolute atomic E-state index is 0.562. The van der Waals surface area contributed by atoms with Crippen LogP contribution in [0.5, 0.6) is 0 Å². The maximum absolute atomic E-state index is 4.65. The highest BCUT2D eigenvalue weighted by molar-refractivity contribution is 7.13. The summed E-state index contributed by atoms with van der Waals surface area (Å²) in [5, 5.41) is 1.28. The van der Waals surface area contributed by atoms with Crippen molar-refractivity contribution in [2.24, 2.45) is 0 Å². The fraction of sp³-hybridized carbons (Fsp3) is 0.235. The Bertz CT molecular complexity index is 711. The lowest BCUT2D eigenvalue weighted by molar-refractivity contribution is 0.859. The molecule has 0 bridgehead atoms. The Kier molecular flexibility index (Phi) is 3.11. The smallest absolute Gasteiger partial charge is 0.0919 e. The maximum Gasteiger partial charge on any atom is 0.0919 e. The summed E-state index contributed by atoms with van der Waals surface area (Å²) < 4.78 is 5.93. The molecule has 0 saturated heterocycles. The first-order valence-electron chi connectivity index (χ1n) is 6.62. The molecule has 0 aliphatic heterocycles. The Hall–Kier alpha value is -1.67. The molecular weight excluding hydrogens is 250 g/mol. The summed E-state index contributed by atoms with van der Waals surface area (Å²) in [7, 11) is 0. The fourth-order valence-electron chi connectivity index (χ4n) is 2.53. The van der Waals surface area contributed by atoms with Gasteiger partial charge in [0, 0.05) is 10.9 Å². The molecule has 96 valence electrons. The summed E-state index contributed by atoms with van der Waals surface area (Å²) in [5.41, 5.74) is 5.10. The number of benzene rings is 2. The van der Waals surface area contributed by atoms with Crippen LogP contribution in [-0.4, -0.2) is 4.37 Å². The molecule has 0 saturated carbocycles. The third kappa shape index (κ3) is 2.17. The summed E-state index contributed by atoms with van der Waals surface area (Å²) in [6.45, 7) is 6.68. The highest BCUT2D eigenvalue weighted by Gasteiger charge is 2.12. The zero-order chi connectivity index (χ0) is 13.4. The normalized spacial score (nSPS) is 11.4. The molecule has 0 aliphatic carbocycles. The maximum atomic E-state index is 4.65. The van der Waals surface area contributed by atoms with E-state index >= 15 is 0 Å². The second kappa shape index (κ2) is 4.78. The minimum atomic E-state index is 0.562. The van der Waals surface area contributed by atoms with Gasteiger partial charge in [-0.3, -0.25) is 0 Å². The topological polar surface area (TPSA) is 12.9 Å². The van der Waals surface area contributed by atoms with Gasteiger partial charge < -0.3 is 0 Å². The van der Waals surface area contributed by atoms with Gasteiger partial charge in [-0.25, -0.2) is 0 Å². The van der Waals surface area contributed by atoms with Crippen LogP contribution in [0.25, 0.3) is 21.3 Å². The van der Waals surface area contributed by atoms with E-state index in [9.17, 15) is 0 Å². The monoisotopic (exact) mass is 267 g/mol. The molecule has 0 unspecified atom stereocenters. The summed E-state index contributed by atoms with van der Waals surface area (Å²) in [4.78, 5) is 0. The lowest BCUT2D eigenvalue weighted by atomic mass is 9.96. The van der Waals surface area contributed by atoms with Crippen LogP contribution in [0.1, 0.15) is 30.9 Å². The predicted octanol–water partition coefficient (Wildman–Crippen LogP) is 5.40. The molecule has 0 radical (unpaired) electrons. The Morgan fingerprint density at radius 1 is 1.05 bits per heavy atom. The third-order valence-electron chi connectivity index (χ3n) is 3.53. The van der Waals surface area contributed by atoms with Crippen LogP contribution in [-0.2, 0) is 0 Å². The van der Waals surface area contributed by atoms with Gasteiger partial charge >= 0.3 is 0 Å². The molecule has 19 heavy (non-hydrogen) atoms. The summed E-state index contributed by atoms with van der Waals surface area (Å²) in [5.74, 6) is 0.562. The first kappa shape index (κ1) is 12.4. The zero-order valence-electron chi connectivity index (χ0n) is 11.5. The number of aromatic nitrogens is 1. The highest BCUT2D eigenvalue weighted by Crippen LogP contribution is 2.34. The summed E-state index contributed by atoms with van der Waals surface area (Å²) in [6, 6.07) is 15.0. The van der Waals surface area contributed by atoms with Gasteiger partial charge in [0.25, 0.3) is 0 Å². The van der Waals surface area contributed by atoms with Gasteiger partial charge in [-0.15, -0.1) is 0 Å². The van der Waals surface area contributed by atoms with Crippen molar-refractivity contribution < 1.29 is 0 Å². The van der Waals surface area contributed by atoms with Gasteiger partial charge in [-0.05, 0) is 47.6 Å². The van der Waals surface area contributed by atoms with E-state index in [1.807, 2.05) is 6.07 Å². The van der Waals surface area contributed by atoms with Crippen LogP contribution in [0, 0.1) is 6.92 Å². The Labute approximate surface area is 118 Å². The highest BCUT2D eigenvalue weighted by atomic mass is 32.1. The summed E-state index contributed by atoms with van der Waals surface area (Å²) in [6.07, 6.45) is 0. The van der Waals surface area contributed by atoms with E-state index < -0.39 is 0 Å². The van der Waals surface area contributed by atoms with Crippen molar-refractivity contribution >= 4 is 21.6 Å². The largest absolute Gasteiger partial charge is 0.191 e. The van der Waals surface area contributed by atoms with Crippen LogP contribution in [0.3, 0.4) is 0 Å². The van der Waals surface area contributed by atoms with Crippen LogP contribution < -0.4 is 0 Å². The van der Waals surface area contributed by atoms with E-state index in [0.717, 1.165) is 5.69 Å². The second-order valence-corrected chi connectivity index (χ2v) is 6.06. The summed E-state index contributed by atoms with van der Waals surface area (Å²) >= 11 is 1.60. The SMILES string of the molecule is Cc1cc2c(-c3ccccc3)nsc2cc1C(C)C. The van der Waals surface area contributed by atoms with Crippen LogP contribution in [0.15, 0.2) is 42.5 Å². The first-order chi connectivity index (χ1) is 9.16. The average Bonchev–Trinajstić information content (AvgIpc) is 2.81. The molecule has 2 heteroatoms. The Morgan fingerprint density at radius 3 is 2.47 bits per heavy atom. The molecule has 2 aromatic carbocycles. The molecule has 0 spiro atoms. The number of hydrogen-bond donors (Lipinski definition) is 0. The van der Waals surface area contributed by atoms with Crippen molar-refractivity contribution in [3.63, 3.8) is 0 Å². The van der Waals surface area contributed by atoms with Crippen molar-refractivity contribution in [3.05, 3.63) is 53.6 Å². The number of aryl methyl sites for hydroxylation is 1. The minimum Gasteiger partial charge on any atom is -0.191 e. The second-order valence-electron chi connectivity index (χ2n) is 5.26. The van der Waals surface area contributed by atoms with Gasteiger partial charge in [-0.2, -0.15) is 4.37 Å². The molecule has 3 rings (SSSR count). The van der Waals surface area contributed by atoms with E-state index in [2.05, 4.69) is 61.5 Å². The average molecular weight is 267 g/mol. The van der Waals surface area contributed by atoms with E-state index in [0.29, 0.717) is 5.92 Å². The molecule has 1 heterocycles. The Balaban J connectivity index is 2.22. The van der Waals surface area contributed by atoms with Gasteiger partial charge in [-0.1, -0.05) is 44.2 Å². The lowest BCUT2D eigenvalue weighted by Gasteiger charge is -2.09. The van der Waals surface area contributed by atoms with Crippen LogP contribution in [0.2, 0.25) is 0 Å². The molecule has 0 aliphatic rings. The predicted molar refractivity (Wildman–Crippen MR) is 83.9 cm³/mol. The number of hydrogen-bond acceptors (Lipinski definition) is 2. The fourth-order valence-corrected chi connectivity index (χ4v) is 3.36. The van der Waals surface area contributed by atoms with E-state index in [-0.39, 0.29) is 0 Å². The van der Waals surface area contributed by atoms with Crippen molar-refractivity contribution in [3.8, 4) is 11.3 Å². The molecule has 0 N–H and O–H groups in total.